The van der Waals surface area contributed by atoms with Gasteiger partial charge in [-0.2, -0.15) is 0 Å². The van der Waals surface area contributed by atoms with E-state index in [0.29, 0.717) is 5.25 Å². The third kappa shape index (κ3) is 2.16. The molecule has 0 aromatic heterocycles. The summed E-state index contributed by atoms with van der Waals surface area (Å²) in [6, 6.07) is 19.4. The van der Waals surface area contributed by atoms with Crippen LogP contribution in [0, 0.1) is 0 Å². The minimum atomic E-state index is 0.589. The monoisotopic (exact) mass is 238 g/mol. The lowest BCUT2D eigenvalue weighted by atomic mass is 9.96. The maximum Gasteiger partial charge on any atom is 0.0379 e. The summed E-state index contributed by atoms with van der Waals surface area (Å²) in [5, 5.41) is 2.80. The molecule has 0 saturated carbocycles. The summed E-state index contributed by atoms with van der Waals surface area (Å²) in [5.74, 6) is 0. The van der Waals surface area contributed by atoms with Crippen LogP contribution in [0.3, 0.4) is 0 Å². The molecule has 0 nitrogen and oxygen atoms in total. The van der Waals surface area contributed by atoms with Gasteiger partial charge in [0.05, 0.1) is 0 Å². The zero-order valence-corrected chi connectivity index (χ0v) is 10.4. The van der Waals surface area contributed by atoms with Crippen LogP contribution in [-0.4, -0.2) is 0 Å². The molecule has 1 unspecified atom stereocenters. The number of rotatable bonds is 2. The molecule has 1 heterocycles. The largest absolute Gasteiger partial charge is 0.126 e. The van der Waals surface area contributed by atoms with E-state index in [9.17, 15) is 0 Å². The van der Waals surface area contributed by atoms with Crippen LogP contribution in [-0.2, 0) is 0 Å². The molecule has 0 radical (unpaired) electrons. The van der Waals surface area contributed by atoms with E-state index in [1.165, 1.54) is 16.7 Å². The number of thioether (sulfide) groups is 1. The summed E-state index contributed by atoms with van der Waals surface area (Å²) < 4.78 is 0. The van der Waals surface area contributed by atoms with Crippen molar-refractivity contribution in [3.05, 3.63) is 71.6 Å². The van der Waals surface area contributed by atoms with Crippen LogP contribution in [0.4, 0.5) is 0 Å². The lowest BCUT2D eigenvalue weighted by molar-refractivity contribution is 0.993. The molecule has 84 valence electrons. The average Bonchev–Trinajstić information content (AvgIpc) is 2.94. The molecule has 0 fully saturated rings. The summed E-state index contributed by atoms with van der Waals surface area (Å²) >= 11 is 1.92. The zero-order chi connectivity index (χ0) is 11.5. The Hall–Kier alpha value is -1.47. The standard InChI is InChI=1S/C16H14S/c1-2-7-13(8-3-1)14-9-4-5-10-15(14)16-11-6-12-17-16/h1-10,12,16H,11H2. The molecule has 3 rings (SSSR count). The molecule has 0 spiro atoms. The second kappa shape index (κ2) is 4.80. The van der Waals surface area contributed by atoms with Crippen LogP contribution in [0.2, 0.25) is 0 Å². The fraction of sp³-hybridized carbons (Fsp3) is 0.125. The van der Waals surface area contributed by atoms with Gasteiger partial charge < -0.3 is 0 Å². The number of hydrogen-bond donors (Lipinski definition) is 0. The van der Waals surface area contributed by atoms with Crippen molar-refractivity contribution in [3.8, 4) is 11.1 Å². The summed E-state index contributed by atoms with van der Waals surface area (Å²) in [7, 11) is 0. The smallest absolute Gasteiger partial charge is 0.0379 e. The molecule has 0 bridgehead atoms. The number of allylic oxidation sites excluding steroid dienone is 1. The highest BCUT2D eigenvalue weighted by atomic mass is 32.2. The Morgan fingerprint density at radius 2 is 1.65 bits per heavy atom. The first-order valence-corrected chi connectivity index (χ1v) is 6.84. The Bertz CT molecular complexity index is 520. The highest BCUT2D eigenvalue weighted by Crippen LogP contribution is 2.42. The first kappa shape index (κ1) is 10.7. The molecule has 1 heteroatoms. The molecule has 2 aromatic carbocycles. The lowest BCUT2D eigenvalue weighted by Crippen LogP contribution is -1.92. The van der Waals surface area contributed by atoms with E-state index in [1.54, 1.807) is 0 Å². The first-order valence-electron chi connectivity index (χ1n) is 5.90. The SMILES string of the molecule is C1=CSC(c2ccccc2-c2ccccc2)C1. The van der Waals surface area contributed by atoms with Gasteiger partial charge in [0.15, 0.2) is 0 Å². The molecule has 1 aliphatic heterocycles. The quantitative estimate of drug-likeness (QED) is 0.706. The Labute approximate surface area is 106 Å². The molecule has 0 amide bonds. The molecule has 0 N–H and O–H groups in total. The van der Waals surface area contributed by atoms with Gasteiger partial charge >= 0.3 is 0 Å². The van der Waals surface area contributed by atoms with Crippen LogP contribution in [0.15, 0.2) is 66.1 Å². The van der Waals surface area contributed by atoms with E-state index < -0.39 is 0 Å². The molecule has 2 aromatic rings. The van der Waals surface area contributed by atoms with Crippen LogP contribution < -0.4 is 0 Å². The Morgan fingerprint density at radius 1 is 0.882 bits per heavy atom. The van der Waals surface area contributed by atoms with Gasteiger partial charge in [-0.15, -0.1) is 11.8 Å². The lowest BCUT2D eigenvalue weighted by Gasteiger charge is -2.14. The van der Waals surface area contributed by atoms with Gasteiger partial charge in [-0.25, -0.2) is 0 Å². The molecule has 0 saturated heterocycles. The first-order chi connectivity index (χ1) is 8.45. The average molecular weight is 238 g/mol. The van der Waals surface area contributed by atoms with Crippen molar-refractivity contribution in [1.29, 1.82) is 0 Å². The molecule has 17 heavy (non-hydrogen) atoms. The van der Waals surface area contributed by atoms with Crippen molar-refractivity contribution in [2.45, 2.75) is 11.7 Å². The highest BCUT2D eigenvalue weighted by Gasteiger charge is 2.17. The van der Waals surface area contributed by atoms with Crippen molar-refractivity contribution in [2.24, 2.45) is 0 Å². The van der Waals surface area contributed by atoms with E-state index in [4.69, 9.17) is 0 Å². The van der Waals surface area contributed by atoms with Crippen LogP contribution in [0.5, 0.6) is 0 Å². The van der Waals surface area contributed by atoms with Crippen molar-refractivity contribution in [1.82, 2.24) is 0 Å². The van der Waals surface area contributed by atoms with Gasteiger partial charge in [-0.1, -0.05) is 60.7 Å². The minimum absolute atomic E-state index is 0.589. The van der Waals surface area contributed by atoms with E-state index in [-0.39, 0.29) is 0 Å². The summed E-state index contributed by atoms with van der Waals surface area (Å²) in [6.07, 6.45) is 3.41. The predicted molar refractivity (Wildman–Crippen MR) is 76.0 cm³/mol. The van der Waals surface area contributed by atoms with Gasteiger partial charge in [-0.3, -0.25) is 0 Å². The van der Waals surface area contributed by atoms with Crippen molar-refractivity contribution in [2.75, 3.05) is 0 Å². The van der Waals surface area contributed by atoms with Crippen LogP contribution in [0.1, 0.15) is 17.2 Å². The fourth-order valence-electron chi connectivity index (χ4n) is 2.24. The molecule has 1 aliphatic rings. The van der Waals surface area contributed by atoms with Crippen LogP contribution >= 0.6 is 11.8 Å². The van der Waals surface area contributed by atoms with Gasteiger partial charge in [-0.05, 0) is 28.5 Å². The van der Waals surface area contributed by atoms with E-state index in [0.717, 1.165) is 6.42 Å². The van der Waals surface area contributed by atoms with Gasteiger partial charge in [0, 0.05) is 5.25 Å². The second-order valence-corrected chi connectivity index (χ2v) is 5.30. The Kier molecular flexibility index (Phi) is 3.02. The predicted octanol–water partition coefficient (Wildman–Crippen LogP) is 5.05. The maximum absolute atomic E-state index is 2.26. The second-order valence-electron chi connectivity index (χ2n) is 4.19. The Morgan fingerprint density at radius 3 is 2.41 bits per heavy atom. The Balaban J connectivity index is 2.05. The number of benzene rings is 2. The minimum Gasteiger partial charge on any atom is -0.126 e. The molecular formula is C16H14S. The van der Waals surface area contributed by atoms with Crippen molar-refractivity contribution < 1.29 is 0 Å². The van der Waals surface area contributed by atoms with Gasteiger partial charge in [0.1, 0.15) is 0 Å². The normalized spacial score (nSPS) is 18.5. The summed E-state index contributed by atoms with van der Waals surface area (Å²) in [6.45, 7) is 0. The van der Waals surface area contributed by atoms with Crippen molar-refractivity contribution in [3.63, 3.8) is 0 Å². The van der Waals surface area contributed by atoms with Crippen molar-refractivity contribution >= 4 is 11.8 Å². The molecule has 1 atom stereocenters. The topological polar surface area (TPSA) is 0 Å². The maximum atomic E-state index is 2.26. The third-order valence-corrected chi connectivity index (χ3v) is 4.21. The number of hydrogen-bond acceptors (Lipinski definition) is 1. The third-order valence-electron chi connectivity index (χ3n) is 3.08. The van der Waals surface area contributed by atoms with E-state index in [1.807, 2.05) is 11.8 Å². The van der Waals surface area contributed by atoms with E-state index >= 15 is 0 Å². The summed E-state index contributed by atoms with van der Waals surface area (Å²) in [5.41, 5.74) is 4.14. The zero-order valence-electron chi connectivity index (χ0n) is 9.54. The van der Waals surface area contributed by atoms with Gasteiger partial charge in [0.2, 0.25) is 0 Å². The van der Waals surface area contributed by atoms with Gasteiger partial charge in [0.25, 0.3) is 0 Å². The van der Waals surface area contributed by atoms with E-state index in [2.05, 4.69) is 66.1 Å². The molecular weight excluding hydrogens is 224 g/mol. The summed E-state index contributed by atoms with van der Waals surface area (Å²) in [4.78, 5) is 0. The highest BCUT2D eigenvalue weighted by molar-refractivity contribution is 8.02. The molecule has 0 aliphatic carbocycles. The fourth-order valence-corrected chi connectivity index (χ4v) is 3.23. The van der Waals surface area contributed by atoms with Crippen LogP contribution in [0.25, 0.3) is 11.1 Å².